The lowest BCUT2D eigenvalue weighted by atomic mass is 10.5. The van der Waals surface area contributed by atoms with E-state index in [1.807, 2.05) is 4.72 Å². The zero-order chi connectivity index (χ0) is 12.3. The minimum Gasteiger partial charge on any atom is -0.480 e. The highest BCUT2D eigenvalue weighted by atomic mass is 32.2. The van der Waals surface area contributed by atoms with Gasteiger partial charge >= 0.3 is 5.97 Å². The predicted molar refractivity (Wildman–Crippen MR) is 53.7 cm³/mol. The molecule has 0 aromatic rings. The van der Waals surface area contributed by atoms with Crippen molar-refractivity contribution in [2.75, 3.05) is 18.6 Å². The molecule has 0 saturated heterocycles. The molecular formula is C6H13NO6S2. The van der Waals surface area contributed by atoms with Gasteiger partial charge in [-0.25, -0.2) is 21.6 Å². The van der Waals surface area contributed by atoms with Crippen molar-refractivity contribution in [2.24, 2.45) is 0 Å². The standard InChI is InChI=1S/C6H13NO6S2/c1-5(6(8)9)15(12,13)7-3-4-14(2,10)11/h5,7H,3-4H2,1-2H3,(H,8,9). The van der Waals surface area contributed by atoms with Gasteiger partial charge in [-0.05, 0) is 6.92 Å². The maximum absolute atomic E-state index is 11.2. The van der Waals surface area contributed by atoms with E-state index in [2.05, 4.69) is 0 Å². The maximum Gasteiger partial charge on any atom is 0.323 e. The zero-order valence-electron chi connectivity index (χ0n) is 8.30. The molecule has 0 spiro atoms. The molecule has 2 N–H and O–H groups in total. The first-order valence-electron chi connectivity index (χ1n) is 3.95. The molecule has 0 aliphatic carbocycles. The fourth-order valence-electron chi connectivity index (χ4n) is 0.627. The fourth-order valence-corrected chi connectivity index (χ4v) is 2.13. The number of carboxylic acids is 1. The van der Waals surface area contributed by atoms with Crippen LogP contribution >= 0.6 is 0 Å². The molecule has 90 valence electrons. The molecule has 0 amide bonds. The fraction of sp³-hybridized carbons (Fsp3) is 0.833. The molecule has 0 aliphatic rings. The van der Waals surface area contributed by atoms with E-state index >= 15 is 0 Å². The molecule has 0 heterocycles. The summed E-state index contributed by atoms with van der Waals surface area (Å²) in [6, 6.07) is 0. The Kier molecular flexibility index (Phi) is 4.68. The van der Waals surface area contributed by atoms with Gasteiger partial charge in [0.05, 0.1) is 5.75 Å². The van der Waals surface area contributed by atoms with Gasteiger partial charge in [0.2, 0.25) is 10.0 Å². The number of carbonyl (C=O) groups is 1. The lowest BCUT2D eigenvalue weighted by Crippen LogP contribution is -2.39. The first-order valence-corrected chi connectivity index (χ1v) is 7.56. The second-order valence-corrected chi connectivity index (χ2v) is 7.40. The van der Waals surface area contributed by atoms with Crippen LogP contribution < -0.4 is 4.72 Å². The topological polar surface area (TPSA) is 118 Å². The molecule has 0 aromatic carbocycles. The minimum atomic E-state index is -4.00. The first kappa shape index (κ1) is 14.3. The minimum absolute atomic E-state index is 0.321. The van der Waals surface area contributed by atoms with Crippen molar-refractivity contribution in [3.8, 4) is 0 Å². The largest absolute Gasteiger partial charge is 0.480 e. The van der Waals surface area contributed by atoms with Crippen LogP contribution in [0.15, 0.2) is 0 Å². The summed E-state index contributed by atoms with van der Waals surface area (Å²) in [4.78, 5) is 10.4. The Hall–Kier alpha value is -0.670. The van der Waals surface area contributed by atoms with E-state index in [1.54, 1.807) is 0 Å². The summed E-state index contributed by atoms with van der Waals surface area (Å²) in [6.07, 6.45) is 0.960. The number of hydrogen-bond donors (Lipinski definition) is 2. The number of rotatable bonds is 6. The van der Waals surface area contributed by atoms with Crippen molar-refractivity contribution < 1.29 is 26.7 Å². The number of sulfonamides is 1. The molecule has 9 heteroatoms. The maximum atomic E-state index is 11.2. The average Bonchev–Trinajstić information content (AvgIpc) is 1.99. The van der Waals surface area contributed by atoms with Crippen LogP contribution in [0, 0.1) is 0 Å². The van der Waals surface area contributed by atoms with Crippen molar-refractivity contribution in [3.63, 3.8) is 0 Å². The molecule has 1 unspecified atom stereocenters. The Morgan fingerprint density at radius 3 is 2.13 bits per heavy atom. The summed E-state index contributed by atoms with van der Waals surface area (Å²) in [5.74, 6) is -1.85. The van der Waals surface area contributed by atoms with E-state index in [-0.39, 0.29) is 12.3 Å². The molecular weight excluding hydrogens is 246 g/mol. The first-order chi connectivity index (χ1) is 6.56. The van der Waals surface area contributed by atoms with Gasteiger partial charge in [0.25, 0.3) is 0 Å². The summed E-state index contributed by atoms with van der Waals surface area (Å²) in [7, 11) is -7.26. The van der Waals surface area contributed by atoms with Crippen LogP contribution in [0.2, 0.25) is 0 Å². The molecule has 0 aromatic heterocycles. The number of hydrogen-bond acceptors (Lipinski definition) is 5. The lowest BCUT2D eigenvalue weighted by molar-refractivity contribution is -0.136. The quantitative estimate of drug-likeness (QED) is 0.594. The predicted octanol–water partition coefficient (Wildman–Crippen LogP) is -1.58. The Bertz CT molecular complexity index is 423. The molecule has 0 saturated carbocycles. The van der Waals surface area contributed by atoms with Gasteiger partial charge in [0.15, 0.2) is 5.25 Å². The average molecular weight is 259 g/mol. The van der Waals surface area contributed by atoms with Crippen LogP contribution in [0.25, 0.3) is 0 Å². The summed E-state index contributed by atoms with van der Waals surface area (Å²) >= 11 is 0. The van der Waals surface area contributed by atoms with Crippen LogP contribution in [0.1, 0.15) is 6.92 Å². The summed E-state index contributed by atoms with van der Waals surface area (Å²) in [6.45, 7) is 0.684. The number of nitrogens with one attached hydrogen (secondary N) is 1. The SMILES string of the molecule is CC(C(=O)O)S(=O)(=O)NCCS(C)(=O)=O. The third kappa shape index (κ3) is 5.70. The highest BCUT2D eigenvalue weighted by Crippen LogP contribution is 1.97. The number of carboxylic acid groups (broad SMARTS) is 1. The van der Waals surface area contributed by atoms with Gasteiger partial charge in [-0.2, -0.15) is 0 Å². The van der Waals surface area contributed by atoms with Crippen LogP contribution in [-0.4, -0.2) is 51.7 Å². The molecule has 0 bridgehead atoms. The second-order valence-electron chi connectivity index (χ2n) is 3.05. The number of sulfone groups is 1. The smallest absolute Gasteiger partial charge is 0.323 e. The molecule has 0 fully saturated rings. The summed E-state index contributed by atoms with van der Waals surface area (Å²) in [5, 5.41) is 6.84. The van der Waals surface area contributed by atoms with Crippen molar-refractivity contribution in [1.29, 1.82) is 0 Å². The highest BCUT2D eigenvalue weighted by Gasteiger charge is 2.27. The van der Waals surface area contributed by atoms with Crippen molar-refractivity contribution >= 4 is 25.8 Å². The van der Waals surface area contributed by atoms with Crippen LogP contribution in [0.5, 0.6) is 0 Å². The highest BCUT2D eigenvalue weighted by molar-refractivity contribution is 7.91. The monoisotopic (exact) mass is 259 g/mol. The molecule has 0 aliphatic heterocycles. The molecule has 0 radical (unpaired) electrons. The Balaban J connectivity index is 4.36. The van der Waals surface area contributed by atoms with Crippen LogP contribution in [-0.2, 0) is 24.7 Å². The second kappa shape index (κ2) is 4.90. The van der Waals surface area contributed by atoms with Gasteiger partial charge < -0.3 is 5.11 Å². The van der Waals surface area contributed by atoms with E-state index in [9.17, 15) is 21.6 Å². The third-order valence-electron chi connectivity index (χ3n) is 1.59. The van der Waals surface area contributed by atoms with Crippen molar-refractivity contribution in [1.82, 2.24) is 4.72 Å². The Morgan fingerprint density at radius 2 is 1.80 bits per heavy atom. The van der Waals surface area contributed by atoms with Gasteiger partial charge in [0, 0.05) is 12.8 Å². The van der Waals surface area contributed by atoms with Gasteiger partial charge in [0.1, 0.15) is 9.84 Å². The van der Waals surface area contributed by atoms with E-state index in [4.69, 9.17) is 5.11 Å². The van der Waals surface area contributed by atoms with E-state index in [0.29, 0.717) is 0 Å². The normalized spacial score (nSPS) is 14.8. The molecule has 1 atom stereocenters. The van der Waals surface area contributed by atoms with Gasteiger partial charge in [-0.3, -0.25) is 4.79 Å². The molecule has 0 rings (SSSR count). The Labute approximate surface area is 88.5 Å². The van der Waals surface area contributed by atoms with E-state index < -0.39 is 31.1 Å². The van der Waals surface area contributed by atoms with Crippen molar-refractivity contribution in [2.45, 2.75) is 12.2 Å². The van der Waals surface area contributed by atoms with Crippen molar-refractivity contribution in [3.05, 3.63) is 0 Å². The number of aliphatic carboxylic acids is 1. The third-order valence-corrected chi connectivity index (χ3v) is 4.27. The molecule has 7 nitrogen and oxygen atoms in total. The lowest BCUT2D eigenvalue weighted by Gasteiger charge is -2.09. The van der Waals surface area contributed by atoms with E-state index in [0.717, 1.165) is 13.2 Å². The molecule has 15 heavy (non-hydrogen) atoms. The van der Waals surface area contributed by atoms with Crippen LogP contribution in [0.4, 0.5) is 0 Å². The zero-order valence-corrected chi connectivity index (χ0v) is 9.93. The Morgan fingerprint density at radius 1 is 1.33 bits per heavy atom. The summed E-state index contributed by atoms with van der Waals surface area (Å²) in [5.41, 5.74) is 0. The van der Waals surface area contributed by atoms with E-state index in [1.165, 1.54) is 0 Å². The van der Waals surface area contributed by atoms with Crippen LogP contribution in [0.3, 0.4) is 0 Å². The van der Waals surface area contributed by atoms with Gasteiger partial charge in [-0.15, -0.1) is 0 Å². The van der Waals surface area contributed by atoms with Gasteiger partial charge in [-0.1, -0.05) is 0 Å². The summed E-state index contributed by atoms with van der Waals surface area (Å²) < 4.78 is 45.6.